The molecule has 0 unspecified atom stereocenters. The standard InChI is InChI=1S/C27H38N4O3/c1-25(2,3)33-24(32)29-19-10-12-26(4,13-11-19)23-30-22(31-34-23)27(14-15-27)17-28-21-16-20(21)18-8-6-5-7-9-18/h5-9,19-21,28H,10-17H2,1-4H3,(H,29,32)/t19?,20-,21+,26?/m0/s1. The number of nitrogens with zero attached hydrogens (tertiary/aromatic N) is 2. The summed E-state index contributed by atoms with van der Waals surface area (Å²) >= 11 is 0. The van der Waals surface area contributed by atoms with Gasteiger partial charge in [-0.3, -0.25) is 0 Å². The highest BCUT2D eigenvalue weighted by atomic mass is 16.6. The second-order valence-electron chi connectivity index (χ2n) is 11.9. The number of carbonyl (C=O) groups is 1. The molecule has 1 heterocycles. The molecule has 7 nitrogen and oxygen atoms in total. The molecule has 184 valence electrons. The maximum Gasteiger partial charge on any atom is 0.407 e. The fourth-order valence-corrected chi connectivity index (χ4v) is 5.22. The minimum absolute atomic E-state index is 0.0252. The summed E-state index contributed by atoms with van der Waals surface area (Å²) in [4.78, 5) is 17.0. The molecule has 0 spiro atoms. The molecule has 0 aliphatic heterocycles. The highest BCUT2D eigenvalue weighted by molar-refractivity contribution is 5.68. The van der Waals surface area contributed by atoms with Crippen molar-refractivity contribution in [3.05, 3.63) is 47.6 Å². The molecule has 1 aromatic carbocycles. The molecular weight excluding hydrogens is 428 g/mol. The van der Waals surface area contributed by atoms with Gasteiger partial charge in [0, 0.05) is 35.4 Å². The second kappa shape index (κ2) is 8.67. The van der Waals surface area contributed by atoms with E-state index >= 15 is 0 Å². The predicted molar refractivity (Wildman–Crippen MR) is 130 cm³/mol. The van der Waals surface area contributed by atoms with Gasteiger partial charge in [0.05, 0.1) is 0 Å². The van der Waals surface area contributed by atoms with Gasteiger partial charge in [-0.25, -0.2) is 4.79 Å². The van der Waals surface area contributed by atoms with Crippen molar-refractivity contribution in [2.45, 2.75) is 107 Å². The summed E-state index contributed by atoms with van der Waals surface area (Å²) < 4.78 is 11.2. The molecule has 7 heteroatoms. The molecule has 0 saturated heterocycles. The first-order valence-electron chi connectivity index (χ1n) is 12.8. The third kappa shape index (κ3) is 5.14. The van der Waals surface area contributed by atoms with Crippen LogP contribution in [0.15, 0.2) is 34.9 Å². The van der Waals surface area contributed by atoms with Crippen LogP contribution in [0.2, 0.25) is 0 Å². The van der Waals surface area contributed by atoms with E-state index in [1.807, 2.05) is 20.8 Å². The molecule has 0 bridgehead atoms. The summed E-state index contributed by atoms with van der Waals surface area (Å²) in [6, 6.07) is 11.4. The first kappa shape index (κ1) is 23.3. The monoisotopic (exact) mass is 466 g/mol. The number of benzene rings is 1. The van der Waals surface area contributed by atoms with Crippen LogP contribution >= 0.6 is 0 Å². The third-order valence-electron chi connectivity index (χ3n) is 7.80. The summed E-state index contributed by atoms with van der Waals surface area (Å²) in [5.41, 5.74) is 0.826. The van der Waals surface area contributed by atoms with E-state index < -0.39 is 5.60 Å². The van der Waals surface area contributed by atoms with Gasteiger partial charge in [0.2, 0.25) is 5.89 Å². The van der Waals surface area contributed by atoms with Gasteiger partial charge in [-0.15, -0.1) is 0 Å². The van der Waals surface area contributed by atoms with E-state index in [1.165, 1.54) is 12.0 Å². The average Bonchev–Trinajstić information content (AvgIpc) is 3.70. The van der Waals surface area contributed by atoms with Gasteiger partial charge in [-0.05, 0) is 71.3 Å². The highest BCUT2D eigenvalue weighted by Crippen LogP contribution is 2.49. The normalized spacial score (nSPS) is 29.9. The third-order valence-corrected chi connectivity index (χ3v) is 7.80. The lowest BCUT2D eigenvalue weighted by atomic mass is 9.74. The Balaban J connectivity index is 1.13. The van der Waals surface area contributed by atoms with E-state index in [-0.39, 0.29) is 23.0 Å². The predicted octanol–water partition coefficient (Wildman–Crippen LogP) is 4.97. The van der Waals surface area contributed by atoms with Gasteiger partial charge in [0.15, 0.2) is 5.82 Å². The first-order chi connectivity index (χ1) is 16.2. The second-order valence-corrected chi connectivity index (χ2v) is 11.9. The number of alkyl carbamates (subject to hydrolysis) is 1. The van der Waals surface area contributed by atoms with Crippen LogP contribution in [0.4, 0.5) is 4.79 Å². The molecule has 1 amide bonds. The topological polar surface area (TPSA) is 89.3 Å². The quantitative estimate of drug-likeness (QED) is 0.599. The van der Waals surface area contributed by atoms with E-state index in [0.29, 0.717) is 12.0 Å². The molecule has 2 N–H and O–H groups in total. The largest absolute Gasteiger partial charge is 0.444 e. The Morgan fingerprint density at radius 1 is 1.15 bits per heavy atom. The molecule has 1 aromatic heterocycles. The summed E-state index contributed by atoms with van der Waals surface area (Å²) in [7, 11) is 0. The fourth-order valence-electron chi connectivity index (χ4n) is 5.22. The molecule has 3 aliphatic rings. The van der Waals surface area contributed by atoms with Crippen LogP contribution in [0.1, 0.15) is 95.8 Å². The maximum atomic E-state index is 12.1. The van der Waals surface area contributed by atoms with Crippen molar-refractivity contribution in [3.63, 3.8) is 0 Å². The van der Waals surface area contributed by atoms with Crippen molar-refractivity contribution < 1.29 is 14.1 Å². The number of aromatic nitrogens is 2. The molecule has 5 rings (SSSR count). The Morgan fingerprint density at radius 2 is 1.85 bits per heavy atom. The van der Waals surface area contributed by atoms with Crippen LogP contribution in [-0.4, -0.2) is 40.5 Å². The van der Waals surface area contributed by atoms with E-state index in [2.05, 4.69) is 53.0 Å². The Labute approximate surface area is 202 Å². The van der Waals surface area contributed by atoms with Crippen molar-refractivity contribution in [1.29, 1.82) is 0 Å². The van der Waals surface area contributed by atoms with Crippen LogP contribution < -0.4 is 10.6 Å². The van der Waals surface area contributed by atoms with E-state index in [4.69, 9.17) is 14.2 Å². The first-order valence-corrected chi connectivity index (χ1v) is 12.8. The summed E-state index contributed by atoms with van der Waals surface area (Å²) in [5, 5.41) is 11.2. The van der Waals surface area contributed by atoms with Gasteiger partial charge in [-0.1, -0.05) is 42.4 Å². The van der Waals surface area contributed by atoms with E-state index in [0.717, 1.165) is 56.8 Å². The van der Waals surface area contributed by atoms with Crippen molar-refractivity contribution in [2.75, 3.05) is 6.54 Å². The lowest BCUT2D eigenvalue weighted by Gasteiger charge is -2.35. The number of nitrogens with one attached hydrogen (secondary N) is 2. The molecule has 3 saturated carbocycles. The average molecular weight is 467 g/mol. The molecule has 34 heavy (non-hydrogen) atoms. The number of hydrogen-bond acceptors (Lipinski definition) is 6. The molecule has 3 fully saturated rings. The molecule has 3 aliphatic carbocycles. The Bertz CT molecular complexity index is 1000. The molecule has 0 radical (unpaired) electrons. The van der Waals surface area contributed by atoms with Crippen LogP contribution in [0.5, 0.6) is 0 Å². The van der Waals surface area contributed by atoms with Crippen molar-refractivity contribution >= 4 is 6.09 Å². The number of rotatable bonds is 7. The summed E-state index contributed by atoms with van der Waals surface area (Å²) in [5.74, 6) is 2.24. The number of ether oxygens (including phenoxy) is 1. The highest BCUT2D eigenvalue weighted by Gasteiger charge is 2.51. The zero-order valence-corrected chi connectivity index (χ0v) is 20.9. The van der Waals surface area contributed by atoms with E-state index in [1.54, 1.807) is 0 Å². The number of amides is 1. The Morgan fingerprint density at radius 3 is 2.50 bits per heavy atom. The van der Waals surface area contributed by atoms with E-state index in [9.17, 15) is 4.79 Å². The minimum atomic E-state index is -0.483. The SMILES string of the molecule is CC(C)(C)OC(=O)NC1CCC(C)(c2nc(C3(CN[C@@H]4C[C@H]4c4ccccc4)CC3)no2)CC1. The Kier molecular flexibility index (Phi) is 5.95. The zero-order valence-electron chi connectivity index (χ0n) is 20.9. The Hall–Kier alpha value is -2.41. The van der Waals surface area contributed by atoms with Gasteiger partial charge < -0.3 is 19.9 Å². The van der Waals surface area contributed by atoms with Crippen LogP contribution in [0, 0.1) is 0 Å². The zero-order chi connectivity index (χ0) is 24.0. The molecular formula is C27H38N4O3. The fraction of sp³-hybridized carbons (Fsp3) is 0.667. The van der Waals surface area contributed by atoms with Crippen molar-refractivity contribution in [1.82, 2.24) is 20.8 Å². The van der Waals surface area contributed by atoms with Gasteiger partial charge >= 0.3 is 6.09 Å². The lowest BCUT2D eigenvalue weighted by molar-refractivity contribution is 0.0481. The maximum absolute atomic E-state index is 12.1. The van der Waals surface area contributed by atoms with Crippen molar-refractivity contribution in [3.8, 4) is 0 Å². The minimum Gasteiger partial charge on any atom is -0.444 e. The van der Waals surface area contributed by atoms with Crippen molar-refractivity contribution in [2.24, 2.45) is 0 Å². The van der Waals surface area contributed by atoms with Gasteiger partial charge in [-0.2, -0.15) is 4.98 Å². The van der Waals surface area contributed by atoms with Gasteiger partial charge in [0.25, 0.3) is 0 Å². The van der Waals surface area contributed by atoms with Gasteiger partial charge in [0.1, 0.15) is 5.60 Å². The summed E-state index contributed by atoms with van der Waals surface area (Å²) in [6.45, 7) is 8.77. The van der Waals surface area contributed by atoms with Crippen LogP contribution in [0.3, 0.4) is 0 Å². The van der Waals surface area contributed by atoms with Crippen LogP contribution in [-0.2, 0) is 15.6 Å². The van der Waals surface area contributed by atoms with Crippen LogP contribution in [0.25, 0.3) is 0 Å². The smallest absolute Gasteiger partial charge is 0.407 e. The number of hydrogen-bond donors (Lipinski definition) is 2. The summed E-state index contributed by atoms with van der Waals surface area (Å²) in [6.07, 6.45) is 6.65. The number of carbonyl (C=O) groups excluding carboxylic acids is 1. The molecule has 2 aromatic rings. The lowest BCUT2D eigenvalue weighted by Crippen LogP contribution is -2.43. The molecule has 2 atom stereocenters.